The summed E-state index contributed by atoms with van der Waals surface area (Å²) in [5, 5.41) is 13.0. The number of rotatable bonds is 5. The van der Waals surface area contributed by atoms with Gasteiger partial charge in [0, 0.05) is 18.6 Å². The summed E-state index contributed by atoms with van der Waals surface area (Å²) >= 11 is 0. The molecule has 1 aromatic rings. The number of amides is 1. The molecule has 2 unspecified atom stereocenters. The maximum Gasteiger partial charge on any atom is 0.237 e. The number of benzene rings is 1. The van der Waals surface area contributed by atoms with E-state index in [0.29, 0.717) is 49.7 Å². The molecule has 3 atom stereocenters. The number of hydrogen-bond donors (Lipinski definition) is 1. The van der Waals surface area contributed by atoms with E-state index in [1.165, 1.54) is 18.4 Å². The van der Waals surface area contributed by atoms with Crippen molar-refractivity contribution in [2.24, 2.45) is 17.8 Å². The van der Waals surface area contributed by atoms with Crippen LogP contribution in [0, 0.1) is 29.1 Å². The average Bonchev–Trinajstić information content (AvgIpc) is 3.53. The van der Waals surface area contributed by atoms with Crippen molar-refractivity contribution in [2.45, 2.75) is 62.4 Å². The van der Waals surface area contributed by atoms with Gasteiger partial charge in [-0.15, -0.1) is 0 Å². The summed E-state index contributed by atoms with van der Waals surface area (Å²) in [7, 11) is -3.15. The molecule has 7 rings (SSSR count). The molecule has 0 spiro atoms. The van der Waals surface area contributed by atoms with Gasteiger partial charge in [0.25, 0.3) is 0 Å². The molecule has 4 saturated carbocycles. The van der Waals surface area contributed by atoms with Gasteiger partial charge in [-0.1, -0.05) is 12.1 Å². The molecular weight excluding hydrogens is 436 g/mol. The number of sulfonamides is 1. The number of anilines is 1. The fraction of sp³-hybridized carbons (Fsp3) is 0.680. The Kier molecular flexibility index (Phi) is 5.00. The third kappa shape index (κ3) is 3.38. The van der Waals surface area contributed by atoms with E-state index in [1.807, 2.05) is 12.1 Å². The maximum absolute atomic E-state index is 12.8. The molecular formula is C25H32N4O3S. The molecule has 7 nitrogen and oxygen atoms in total. The highest BCUT2D eigenvalue weighted by atomic mass is 32.2. The molecule has 6 aliphatic rings. The van der Waals surface area contributed by atoms with Gasteiger partial charge in [0.1, 0.15) is 6.04 Å². The van der Waals surface area contributed by atoms with Crippen LogP contribution in [0.5, 0.6) is 0 Å². The zero-order chi connectivity index (χ0) is 22.8. The third-order valence-corrected chi connectivity index (χ3v) is 11.1. The summed E-state index contributed by atoms with van der Waals surface area (Å²) < 4.78 is 26.1. The van der Waals surface area contributed by atoms with Crippen molar-refractivity contribution in [3.63, 3.8) is 0 Å². The summed E-state index contributed by atoms with van der Waals surface area (Å²) in [6.45, 7) is 1.63. The van der Waals surface area contributed by atoms with Gasteiger partial charge in [-0.25, -0.2) is 8.42 Å². The molecule has 1 amide bonds. The van der Waals surface area contributed by atoms with Crippen molar-refractivity contribution in [3.8, 4) is 6.07 Å². The van der Waals surface area contributed by atoms with E-state index in [1.54, 1.807) is 9.21 Å². The van der Waals surface area contributed by atoms with Gasteiger partial charge < -0.3 is 10.2 Å². The van der Waals surface area contributed by atoms with Crippen LogP contribution in [-0.4, -0.2) is 56.2 Å². The molecule has 2 heterocycles. The first-order valence-corrected chi connectivity index (χ1v) is 14.1. The second-order valence-electron chi connectivity index (χ2n) is 10.8. The topological polar surface area (TPSA) is 93.5 Å². The zero-order valence-electron chi connectivity index (χ0n) is 18.9. The lowest BCUT2D eigenvalue weighted by atomic mass is 9.68. The Morgan fingerprint density at radius 1 is 1.12 bits per heavy atom. The van der Waals surface area contributed by atoms with Crippen LogP contribution in [0.2, 0.25) is 0 Å². The molecule has 1 aromatic carbocycles. The van der Waals surface area contributed by atoms with E-state index >= 15 is 0 Å². The van der Waals surface area contributed by atoms with Crippen LogP contribution in [0.4, 0.5) is 5.69 Å². The zero-order valence-corrected chi connectivity index (χ0v) is 19.8. The Balaban J connectivity index is 1.13. The van der Waals surface area contributed by atoms with Gasteiger partial charge in [0.15, 0.2) is 0 Å². The molecule has 4 aliphatic carbocycles. The Morgan fingerprint density at radius 3 is 2.48 bits per heavy atom. The van der Waals surface area contributed by atoms with Gasteiger partial charge in [0.2, 0.25) is 15.9 Å². The highest BCUT2D eigenvalue weighted by Crippen LogP contribution is 2.65. The van der Waals surface area contributed by atoms with Crippen LogP contribution in [0.15, 0.2) is 24.3 Å². The van der Waals surface area contributed by atoms with Gasteiger partial charge in [-0.3, -0.25) is 9.10 Å². The summed E-state index contributed by atoms with van der Waals surface area (Å²) in [6.07, 6.45) is 7.04. The van der Waals surface area contributed by atoms with Crippen LogP contribution in [0.1, 0.15) is 56.4 Å². The molecule has 0 aromatic heterocycles. The molecule has 2 saturated heterocycles. The minimum atomic E-state index is -3.15. The predicted molar refractivity (Wildman–Crippen MR) is 125 cm³/mol. The number of nitrogens with one attached hydrogen (secondary N) is 1. The molecule has 4 bridgehead atoms. The van der Waals surface area contributed by atoms with Crippen LogP contribution in [0.3, 0.4) is 0 Å². The minimum Gasteiger partial charge on any atom is -0.326 e. The second kappa shape index (κ2) is 7.71. The standard InChI is InChI=1S/C25H32N4O3S/c26-15-22-3-1-8-28(22)23(30)16-27-25-13-18-11-20(25)12-19(14-25)24(18)17-4-6-21(7-5-17)29-9-2-10-33(29,31)32/h4-7,18-20,22,24,27H,1-3,8-14,16H2/t18?,19?,20?,22-,24?,25?/m0/s1. The highest BCUT2D eigenvalue weighted by Gasteiger charge is 2.61. The summed E-state index contributed by atoms with van der Waals surface area (Å²) in [4.78, 5) is 14.5. The lowest BCUT2D eigenvalue weighted by molar-refractivity contribution is -0.130. The summed E-state index contributed by atoms with van der Waals surface area (Å²) in [5.41, 5.74) is 2.20. The lowest BCUT2D eigenvalue weighted by Gasteiger charge is -2.40. The smallest absolute Gasteiger partial charge is 0.237 e. The van der Waals surface area contributed by atoms with Crippen molar-refractivity contribution in [1.29, 1.82) is 5.26 Å². The quantitative estimate of drug-likeness (QED) is 0.717. The fourth-order valence-corrected chi connectivity index (χ4v) is 9.47. The van der Waals surface area contributed by atoms with E-state index < -0.39 is 10.0 Å². The summed E-state index contributed by atoms with van der Waals surface area (Å²) in [6, 6.07) is 10.3. The maximum atomic E-state index is 12.8. The average molecular weight is 469 g/mol. The van der Waals surface area contributed by atoms with Crippen molar-refractivity contribution in [3.05, 3.63) is 29.8 Å². The van der Waals surface area contributed by atoms with Crippen molar-refractivity contribution < 1.29 is 13.2 Å². The molecule has 1 N–H and O–H groups in total. The Labute approximate surface area is 196 Å². The molecule has 0 radical (unpaired) electrons. The number of carbonyl (C=O) groups excluding carboxylic acids is 1. The molecule has 33 heavy (non-hydrogen) atoms. The van der Waals surface area contributed by atoms with Crippen LogP contribution in [0.25, 0.3) is 0 Å². The monoisotopic (exact) mass is 468 g/mol. The van der Waals surface area contributed by atoms with E-state index in [4.69, 9.17) is 0 Å². The van der Waals surface area contributed by atoms with E-state index in [9.17, 15) is 18.5 Å². The molecule has 8 heteroatoms. The SMILES string of the molecule is N#C[C@@H]1CCCN1C(=O)CNC12CC3CC1CC(C2)C3c1ccc(N2CCCS2(=O)=O)cc1. The number of carbonyl (C=O) groups is 1. The first-order valence-electron chi connectivity index (χ1n) is 12.4. The largest absolute Gasteiger partial charge is 0.326 e. The third-order valence-electron chi connectivity index (χ3n) is 9.20. The van der Waals surface area contributed by atoms with Crippen molar-refractivity contribution >= 4 is 21.6 Å². The van der Waals surface area contributed by atoms with Crippen LogP contribution in [-0.2, 0) is 14.8 Å². The molecule has 176 valence electrons. The van der Waals surface area contributed by atoms with Crippen LogP contribution < -0.4 is 9.62 Å². The normalized spacial score (nSPS) is 38.2. The highest BCUT2D eigenvalue weighted by molar-refractivity contribution is 7.93. The molecule has 2 aliphatic heterocycles. The predicted octanol–water partition coefficient (Wildman–Crippen LogP) is 2.60. The Bertz CT molecular complexity index is 1080. The first-order chi connectivity index (χ1) is 15.9. The van der Waals surface area contributed by atoms with E-state index in [-0.39, 0.29) is 23.2 Å². The van der Waals surface area contributed by atoms with Gasteiger partial charge in [-0.2, -0.15) is 5.26 Å². The van der Waals surface area contributed by atoms with E-state index in [0.717, 1.165) is 31.4 Å². The number of hydrogen-bond acceptors (Lipinski definition) is 5. The lowest BCUT2D eigenvalue weighted by Crippen LogP contribution is -2.51. The Morgan fingerprint density at radius 2 is 1.85 bits per heavy atom. The number of likely N-dealkylation sites (tertiary alicyclic amines) is 1. The Hall–Kier alpha value is -2.11. The van der Waals surface area contributed by atoms with Gasteiger partial charge >= 0.3 is 0 Å². The van der Waals surface area contributed by atoms with Gasteiger partial charge in [-0.05, 0) is 86.3 Å². The first kappa shape index (κ1) is 21.4. The number of nitriles is 1. The second-order valence-corrected chi connectivity index (χ2v) is 12.9. The van der Waals surface area contributed by atoms with Gasteiger partial charge in [0.05, 0.1) is 24.1 Å². The molecule has 6 fully saturated rings. The van der Waals surface area contributed by atoms with Crippen molar-refractivity contribution in [2.75, 3.05) is 29.7 Å². The fourth-order valence-electron chi connectivity index (χ4n) is 7.91. The summed E-state index contributed by atoms with van der Waals surface area (Å²) in [5.74, 6) is 2.71. The van der Waals surface area contributed by atoms with Crippen LogP contribution >= 0.6 is 0 Å². The minimum absolute atomic E-state index is 0.0728. The number of nitrogens with zero attached hydrogens (tertiary/aromatic N) is 3. The van der Waals surface area contributed by atoms with Crippen molar-refractivity contribution in [1.82, 2.24) is 10.2 Å². The van der Waals surface area contributed by atoms with E-state index in [2.05, 4.69) is 23.5 Å².